The maximum atomic E-state index is 13.1. The molecule has 0 aliphatic heterocycles. The molecule has 0 spiro atoms. The Morgan fingerprint density at radius 2 is 2.00 bits per heavy atom. The van der Waals surface area contributed by atoms with Crippen molar-refractivity contribution < 1.29 is 9.53 Å². The Kier molecular flexibility index (Phi) is 5.97. The van der Waals surface area contributed by atoms with Gasteiger partial charge in [0.15, 0.2) is 0 Å². The van der Waals surface area contributed by atoms with Crippen molar-refractivity contribution >= 4 is 17.5 Å². The molecule has 27 heavy (non-hydrogen) atoms. The molecule has 1 amide bonds. The van der Waals surface area contributed by atoms with Crippen molar-refractivity contribution in [1.82, 2.24) is 29.9 Å². The first kappa shape index (κ1) is 18.8. The number of likely N-dealkylation sites (N-methyl/N-ethyl adjacent to an activating group) is 1. The smallest absolute Gasteiger partial charge is 0.258 e. The van der Waals surface area contributed by atoms with Gasteiger partial charge in [-0.25, -0.2) is 4.98 Å². The minimum absolute atomic E-state index is 0.168. The van der Waals surface area contributed by atoms with Gasteiger partial charge in [-0.15, -0.1) is 0 Å². The van der Waals surface area contributed by atoms with Gasteiger partial charge in [-0.2, -0.15) is 15.0 Å². The SMILES string of the molecule is CCN(C(=O)c1cnccc1-n1nccn1)[C@@H](C)COc1ccc(Cl)cn1. The Morgan fingerprint density at radius 1 is 1.22 bits per heavy atom. The molecule has 0 N–H and O–H groups in total. The molecule has 3 rings (SSSR count). The zero-order valence-corrected chi connectivity index (χ0v) is 15.7. The van der Waals surface area contributed by atoms with Gasteiger partial charge in [-0.05, 0) is 26.0 Å². The number of aromatic nitrogens is 5. The van der Waals surface area contributed by atoms with Crippen LogP contribution in [0.4, 0.5) is 0 Å². The number of hydrogen-bond acceptors (Lipinski definition) is 6. The van der Waals surface area contributed by atoms with Crippen LogP contribution >= 0.6 is 11.6 Å². The Hall–Kier alpha value is -3.00. The van der Waals surface area contributed by atoms with Crippen molar-refractivity contribution in [3.8, 4) is 11.6 Å². The van der Waals surface area contributed by atoms with Crippen molar-refractivity contribution in [2.24, 2.45) is 0 Å². The maximum absolute atomic E-state index is 13.1. The monoisotopic (exact) mass is 386 g/mol. The van der Waals surface area contributed by atoms with Crippen LogP contribution in [-0.4, -0.2) is 55.0 Å². The van der Waals surface area contributed by atoms with Gasteiger partial charge in [0.1, 0.15) is 12.3 Å². The largest absolute Gasteiger partial charge is 0.475 e. The van der Waals surface area contributed by atoms with E-state index >= 15 is 0 Å². The highest BCUT2D eigenvalue weighted by Crippen LogP contribution is 2.17. The summed E-state index contributed by atoms with van der Waals surface area (Å²) in [5.41, 5.74) is 0.998. The van der Waals surface area contributed by atoms with Crippen LogP contribution in [0.1, 0.15) is 24.2 Å². The Balaban J connectivity index is 1.75. The molecule has 0 aliphatic carbocycles. The first-order valence-corrected chi connectivity index (χ1v) is 8.84. The second-order valence-corrected chi connectivity index (χ2v) is 6.21. The van der Waals surface area contributed by atoms with E-state index in [9.17, 15) is 4.79 Å². The molecule has 0 saturated carbocycles. The van der Waals surface area contributed by atoms with Crippen molar-refractivity contribution in [1.29, 1.82) is 0 Å². The molecule has 8 nitrogen and oxygen atoms in total. The van der Waals surface area contributed by atoms with Crippen LogP contribution in [0.15, 0.2) is 49.2 Å². The number of rotatable bonds is 7. The molecule has 140 valence electrons. The van der Waals surface area contributed by atoms with E-state index in [-0.39, 0.29) is 11.9 Å². The predicted molar refractivity (Wildman–Crippen MR) is 100 cm³/mol. The standard InChI is InChI=1S/C18H19ClN6O2/c1-3-24(13(2)12-27-17-5-4-14(19)10-21-17)18(26)15-11-20-7-6-16(15)25-22-8-9-23-25/h4-11,13H,3,12H2,1-2H3/t13-/m0/s1. The number of pyridine rings is 2. The fourth-order valence-corrected chi connectivity index (χ4v) is 2.73. The van der Waals surface area contributed by atoms with Gasteiger partial charge in [0.2, 0.25) is 5.88 Å². The summed E-state index contributed by atoms with van der Waals surface area (Å²) >= 11 is 5.82. The van der Waals surface area contributed by atoms with Gasteiger partial charge in [-0.1, -0.05) is 11.6 Å². The zero-order valence-electron chi connectivity index (χ0n) is 15.0. The minimum Gasteiger partial charge on any atom is -0.475 e. The lowest BCUT2D eigenvalue weighted by Gasteiger charge is -2.28. The molecule has 0 fully saturated rings. The third kappa shape index (κ3) is 4.40. The van der Waals surface area contributed by atoms with E-state index in [2.05, 4.69) is 20.2 Å². The maximum Gasteiger partial charge on any atom is 0.258 e. The highest BCUT2D eigenvalue weighted by atomic mass is 35.5. The van der Waals surface area contributed by atoms with Crippen LogP contribution in [0.3, 0.4) is 0 Å². The average molecular weight is 387 g/mol. The molecule has 9 heteroatoms. The normalized spacial score (nSPS) is 11.8. The molecule has 0 bridgehead atoms. The minimum atomic E-state index is -0.182. The fourth-order valence-electron chi connectivity index (χ4n) is 2.62. The average Bonchev–Trinajstić information content (AvgIpc) is 3.22. The van der Waals surface area contributed by atoms with Crippen LogP contribution in [0.5, 0.6) is 5.88 Å². The lowest BCUT2D eigenvalue weighted by molar-refractivity contribution is 0.0645. The third-order valence-corrected chi connectivity index (χ3v) is 4.19. The predicted octanol–water partition coefficient (Wildman–Crippen LogP) is 2.64. The van der Waals surface area contributed by atoms with Crippen molar-refractivity contribution in [2.45, 2.75) is 19.9 Å². The zero-order chi connectivity index (χ0) is 19.2. The molecule has 0 aliphatic rings. The molecule has 3 aromatic rings. The van der Waals surface area contributed by atoms with Crippen LogP contribution in [0, 0.1) is 0 Å². The van der Waals surface area contributed by atoms with Gasteiger partial charge in [0.05, 0.1) is 29.0 Å². The molecule has 0 aromatic carbocycles. The number of carbonyl (C=O) groups excluding carboxylic acids is 1. The Morgan fingerprint density at radius 3 is 2.67 bits per heavy atom. The molecule has 3 aromatic heterocycles. The van der Waals surface area contributed by atoms with E-state index < -0.39 is 0 Å². The molecule has 0 saturated heterocycles. The number of halogens is 1. The van der Waals surface area contributed by atoms with Gasteiger partial charge < -0.3 is 9.64 Å². The van der Waals surface area contributed by atoms with Crippen molar-refractivity contribution in [2.75, 3.05) is 13.2 Å². The molecular formula is C18H19ClN6O2. The van der Waals surface area contributed by atoms with E-state index in [1.165, 1.54) is 17.2 Å². The first-order chi connectivity index (χ1) is 13.1. The molecule has 0 radical (unpaired) electrons. The van der Waals surface area contributed by atoms with E-state index in [0.717, 1.165) is 0 Å². The van der Waals surface area contributed by atoms with Crippen LogP contribution < -0.4 is 4.74 Å². The summed E-state index contributed by atoms with van der Waals surface area (Å²) in [5.74, 6) is 0.288. The number of nitrogens with zero attached hydrogens (tertiary/aromatic N) is 6. The number of hydrogen-bond donors (Lipinski definition) is 0. The summed E-state index contributed by atoms with van der Waals surface area (Å²) in [7, 11) is 0. The Bertz CT molecular complexity index is 885. The van der Waals surface area contributed by atoms with Crippen LogP contribution in [0.2, 0.25) is 5.02 Å². The number of amides is 1. The molecule has 3 heterocycles. The van der Waals surface area contributed by atoms with Crippen LogP contribution in [0.25, 0.3) is 5.69 Å². The summed E-state index contributed by atoms with van der Waals surface area (Å²) in [6.07, 6.45) is 7.76. The molecular weight excluding hydrogens is 368 g/mol. The third-order valence-electron chi connectivity index (χ3n) is 3.97. The van der Waals surface area contributed by atoms with Crippen molar-refractivity contribution in [3.63, 3.8) is 0 Å². The summed E-state index contributed by atoms with van der Waals surface area (Å²) in [6.45, 7) is 4.64. The van der Waals surface area contributed by atoms with E-state index in [4.69, 9.17) is 16.3 Å². The molecule has 0 unspecified atom stereocenters. The number of carbonyl (C=O) groups is 1. The topological polar surface area (TPSA) is 86.0 Å². The van der Waals surface area contributed by atoms with Crippen molar-refractivity contribution in [3.05, 3.63) is 59.8 Å². The highest BCUT2D eigenvalue weighted by molar-refractivity contribution is 6.30. The van der Waals surface area contributed by atoms with Gasteiger partial charge >= 0.3 is 0 Å². The van der Waals surface area contributed by atoms with E-state index in [0.29, 0.717) is 35.3 Å². The lowest BCUT2D eigenvalue weighted by atomic mass is 10.1. The second kappa shape index (κ2) is 8.59. The summed E-state index contributed by atoms with van der Waals surface area (Å²) in [6, 6.07) is 4.92. The first-order valence-electron chi connectivity index (χ1n) is 8.46. The fraction of sp³-hybridized carbons (Fsp3) is 0.278. The van der Waals surface area contributed by atoms with E-state index in [1.807, 2.05) is 13.8 Å². The summed E-state index contributed by atoms with van der Waals surface area (Å²) < 4.78 is 5.68. The quantitative estimate of drug-likeness (QED) is 0.620. The summed E-state index contributed by atoms with van der Waals surface area (Å²) in [4.78, 5) is 24.4. The lowest BCUT2D eigenvalue weighted by Crippen LogP contribution is -2.42. The van der Waals surface area contributed by atoms with Gasteiger partial charge in [0, 0.05) is 31.2 Å². The van der Waals surface area contributed by atoms with Crippen LogP contribution in [-0.2, 0) is 0 Å². The van der Waals surface area contributed by atoms with Gasteiger partial charge in [-0.3, -0.25) is 9.78 Å². The second-order valence-electron chi connectivity index (χ2n) is 5.78. The van der Waals surface area contributed by atoms with Gasteiger partial charge in [0.25, 0.3) is 5.91 Å². The highest BCUT2D eigenvalue weighted by Gasteiger charge is 2.24. The summed E-state index contributed by atoms with van der Waals surface area (Å²) in [5, 5.41) is 8.75. The Labute approximate surface area is 161 Å². The molecule has 1 atom stereocenters. The number of ether oxygens (including phenoxy) is 1. The van der Waals surface area contributed by atoms with E-state index in [1.54, 1.807) is 41.7 Å².